The molecule has 0 saturated carbocycles. The second kappa shape index (κ2) is 9.02. The summed E-state index contributed by atoms with van der Waals surface area (Å²) in [4.78, 5) is 4.52. The Labute approximate surface area is 143 Å². The predicted octanol–water partition coefficient (Wildman–Crippen LogP) is 3.53. The number of halogens is 2. The summed E-state index contributed by atoms with van der Waals surface area (Å²) < 4.78 is 13.5. The van der Waals surface area contributed by atoms with E-state index in [-0.39, 0.29) is 29.8 Å². The molecule has 2 rings (SSSR count). The fraction of sp³-hybridized carbons (Fsp3) is 0.438. The first kappa shape index (κ1) is 17.9. The van der Waals surface area contributed by atoms with Crippen LogP contribution in [-0.4, -0.2) is 18.5 Å². The summed E-state index contributed by atoms with van der Waals surface area (Å²) in [6.07, 6.45) is 6.42. The molecule has 1 aromatic rings. The molecule has 0 aromatic heterocycles. The molecule has 0 atom stereocenters. The number of aliphatic imine (C=N–C) groups is 1. The van der Waals surface area contributed by atoms with Gasteiger partial charge in [0.05, 0.1) is 6.54 Å². The highest BCUT2D eigenvalue weighted by Crippen LogP contribution is 2.11. The van der Waals surface area contributed by atoms with Gasteiger partial charge in [0, 0.05) is 12.6 Å². The van der Waals surface area contributed by atoms with Crippen LogP contribution >= 0.6 is 24.0 Å². The molecule has 0 fully saturated rings. The van der Waals surface area contributed by atoms with E-state index < -0.39 is 0 Å². The minimum Gasteiger partial charge on any atom is -0.357 e. The summed E-state index contributed by atoms with van der Waals surface area (Å²) >= 11 is 0. The standard InChI is InChI=1S/C16H22FN3.HI/c1-3-18-16(20-14-6-4-5-7-14)19-11-13-9-8-12(2)15(17)10-13;/h4-5,8-10,14H,3,6-7,11H2,1-2H3,(H2,18,19,20);1H. The normalized spacial score (nSPS) is 14.9. The maximum atomic E-state index is 13.5. The van der Waals surface area contributed by atoms with Gasteiger partial charge in [-0.1, -0.05) is 24.3 Å². The Morgan fingerprint density at radius 1 is 1.33 bits per heavy atom. The fourth-order valence-corrected chi connectivity index (χ4v) is 2.15. The van der Waals surface area contributed by atoms with Crippen LogP contribution in [0.2, 0.25) is 0 Å². The largest absolute Gasteiger partial charge is 0.357 e. The molecule has 0 saturated heterocycles. The number of nitrogens with zero attached hydrogens (tertiary/aromatic N) is 1. The van der Waals surface area contributed by atoms with Crippen molar-refractivity contribution in [2.24, 2.45) is 4.99 Å². The second-order valence-corrected chi connectivity index (χ2v) is 5.06. The Kier molecular flexibility index (Phi) is 7.71. The maximum absolute atomic E-state index is 13.5. The Bertz CT molecular complexity index is 506. The average molecular weight is 403 g/mol. The average Bonchev–Trinajstić information content (AvgIpc) is 2.93. The number of hydrogen-bond acceptors (Lipinski definition) is 1. The first-order valence-corrected chi connectivity index (χ1v) is 7.14. The van der Waals surface area contributed by atoms with Crippen molar-refractivity contribution in [2.75, 3.05) is 6.54 Å². The maximum Gasteiger partial charge on any atom is 0.191 e. The van der Waals surface area contributed by atoms with Crippen LogP contribution in [-0.2, 0) is 6.54 Å². The summed E-state index contributed by atoms with van der Waals surface area (Å²) in [5, 5.41) is 6.62. The third-order valence-corrected chi connectivity index (χ3v) is 3.35. The lowest BCUT2D eigenvalue weighted by atomic mass is 10.1. The van der Waals surface area contributed by atoms with Crippen molar-refractivity contribution < 1.29 is 4.39 Å². The molecule has 3 nitrogen and oxygen atoms in total. The molecule has 1 aliphatic rings. The molecule has 21 heavy (non-hydrogen) atoms. The molecule has 1 aromatic carbocycles. The zero-order valence-electron chi connectivity index (χ0n) is 12.5. The molecule has 0 radical (unpaired) electrons. The molecule has 1 aliphatic carbocycles. The van der Waals surface area contributed by atoms with Crippen molar-refractivity contribution in [3.8, 4) is 0 Å². The van der Waals surface area contributed by atoms with Crippen LogP contribution in [0.3, 0.4) is 0 Å². The van der Waals surface area contributed by atoms with Crippen molar-refractivity contribution in [3.63, 3.8) is 0 Å². The van der Waals surface area contributed by atoms with Gasteiger partial charge in [0.25, 0.3) is 0 Å². The number of benzene rings is 1. The first-order chi connectivity index (χ1) is 9.69. The van der Waals surface area contributed by atoms with Crippen LogP contribution in [0.4, 0.5) is 4.39 Å². The van der Waals surface area contributed by atoms with E-state index in [1.807, 2.05) is 13.0 Å². The van der Waals surface area contributed by atoms with E-state index in [0.29, 0.717) is 18.2 Å². The van der Waals surface area contributed by atoms with E-state index in [4.69, 9.17) is 0 Å². The molecular weight excluding hydrogens is 380 g/mol. The van der Waals surface area contributed by atoms with Gasteiger partial charge in [0.2, 0.25) is 0 Å². The summed E-state index contributed by atoms with van der Waals surface area (Å²) in [5.74, 6) is 0.623. The quantitative estimate of drug-likeness (QED) is 0.349. The van der Waals surface area contributed by atoms with Gasteiger partial charge in [-0.3, -0.25) is 0 Å². The van der Waals surface area contributed by atoms with E-state index in [0.717, 1.165) is 30.9 Å². The molecule has 0 spiro atoms. The zero-order chi connectivity index (χ0) is 14.4. The minimum atomic E-state index is -0.171. The highest BCUT2D eigenvalue weighted by Gasteiger charge is 2.11. The van der Waals surface area contributed by atoms with Gasteiger partial charge in [-0.15, -0.1) is 24.0 Å². The number of guanidine groups is 1. The monoisotopic (exact) mass is 403 g/mol. The smallest absolute Gasteiger partial charge is 0.191 e. The summed E-state index contributed by atoms with van der Waals surface area (Å²) in [7, 11) is 0. The van der Waals surface area contributed by atoms with Gasteiger partial charge in [-0.05, 0) is 43.9 Å². The van der Waals surface area contributed by atoms with E-state index in [1.165, 1.54) is 0 Å². The molecule has 0 unspecified atom stereocenters. The summed E-state index contributed by atoms with van der Waals surface area (Å²) in [5.41, 5.74) is 1.55. The highest BCUT2D eigenvalue weighted by atomic mass is 127. The van der Waals surface area contributed by atoms with Gasteiger partial charge in [0.15, 0.2) is 5.96 Å². The molecule has 0 amide bonds. The zero-order valence-corrected chi connectivity index (χ0v) is 14.9. The van der Waals surface area contributed by atoms with E-state index >= 15 is 0 Å². The van der Waals surface area contributed by atoms with Crippen molar-refractivity contribution in [2.45, 2.75) is 39.3 Å². The number of aryl methyl sites for hydroxylation is 1. The van der Waals surface area contributed by atoms with Crippen LogP contribution in [0.1, 0.15) is 30.9 Å². The fourth-order valence-electron chi connectivity index (χ4n) is 2.15. The SMILES string of the molecule is CCNC(=NCc1ccc(C)c(F)c1)NC1CC=CC1.I. The van der Waals surface area contributed by atoms with Gasteiger partial charge in [-0.2, -0.15) is 0 Å². The number of hydrogen-bond donors (Lipinski definition) is 2. The predicted molar refractivity (Wildman–Crippen MR) is 96.7 cm³/mol. The highest BCUT2D eigenvalue weighted by molar-refractivity contribution is 14.0. The number of nitrogens with one attached hydrogen (secondary N) is 2. The molecule has 0 bridgehead atoms. The summed E-state index contributed by atoms with van der Waals surface area (Å²) in [6.45, 7) is 5.09. The van der Waals surface area contributed by atoms with Crippen molar-refractivity contribution in [3.05, 3.63) is 47.3 Å². The topological polar surface area (TPSA) is 36.4 Å². The molecule has 5 heteroatoms. The van der Waals surface area contributed by atoms with Crippen LogP contribution < -0.4 is 10.6 Å². The van der Waals surface area contributed by atoms with Gasteiger partial charge < -0.3 is 10.6 Å². The third-order valence-electron chi connectivity index (χ3n) is 3.35. The van der Waals surface area contributed by atoms with Crippen molar-refractivity contribution in [1.29, 1.82) is 0 Å². The van der Waals surface area contributed by atoms with E-state index in [9.17, 15) is 4.39 Å². The molecule has 0 heterocycles. The third kappa shape index (κ3) is 5.65. The Balaban J connectivity index is 0.00000220. The van der Waals surface area contributed by atoms with Gasteiger partial charge >= 0.3 is 0 Å². The number of rotatable bonds is 4. The van der Waals surface area contributed by atoms with Crippen molar-refractivity contribution >= 4 is 29.9 Å². The lowest BCUT2D eigenvalue weighted by Gasteiger charge is -2.16. The Hall–Kier alpha value is -1.11. The van der Waals surface area contributed by atoms with Crippen LogP contribution in [0.25, 0.3) is 0 Å². The van der Waals surface area contributed by atoms with E-state index in [1.54, 1.807) is 19.1 Å². The first-order valence-electron chi connectivity index (χ1n) is 7.14. The van der Waals surface area contributed by atoms with Crippen molar-refractivity contribution in [1.82, 2.24) is 10.6 Å². The second-order valence-electron chi connectivity index (χ2n) is 5.06. The minimum absolute atomic E-state index is 0. The molecule has 116 valence electrons. The Morgan fingerprint density at radius 2 is 2.05 bits per heavy atom. The van der Waals surface area contributed by atoms with Crippen LogP contribution in [0.15, 0.2) is 35.3 Å². The lowest BCUT2D eigenvalue weighted by Crippen LogP contribution is -2.42. The summed E-state index contributed by atoms with van der Waals surface area (Å²) in [6, 6.07) is 5.69. The van der Waals surface area contributed by atoms with Gasteiger partial charge in [0.1, 0.15) is 5.82 Å². The van der Waals surface area contributed by atoms with Crippen LogP contribution in [0, 0.1) is 12.7 Å². The van der Waals surface area contributed by atoms with E-state index in [2.05, 4.69) is 27.8 Å². The Morgan fingerprint density at radius 3 is 2.67 bits per heavy atom. The molecule has 0 aliphatic heterocycles. The lowest BCUT2D eigenvalue weighted by molar-refractivity contribution is 0.615. The molecular formula is C16H23FIN3. The van der Waals surface area contributed by atoms with Crippen LogP contribution in [0.5, 0.6) is 0 Å². The van der Waals surface area contributed by atoms with Gasteiger partial charge in [-0.25, -0.2) is 9.38 Å². The molecule has 2 N–H and O–H groups in total.